The number of benzene rings is 1. The summed E-state index contributed by atoms with van der Waals surface area (Å²) in [5, 5.41) is 5.95. The largest absolute Gasteiger partial charge is 0.472 e. The first-order valence-corrected chi connectivity index (χ1v) is 5.94. The summed E-state index contributed by atoms with van der Waals surface area (Å²) in [5.74, 6) is 0. The Bertz CT molecular complexity index is 511. The van der Waals surface area contributed by atoms with E-state index in [-0.39, 0.29) is 6.03 Å². The van der Waals surface area contributed by atoms with Crippen LogP contribution in [0.2, 0.25) is 5.02 Å². The highest BCUT2D eigenvalue weighted by Gasteiger charge is 2.04. The van der Waals surface area contributed by atoms with Crippen molar-refractivity contribution in [3.8, 4) is 0 Å². The van der Waals surface area contributed by atoms with Crippen LogP contribution in [0, 0.1) is 0 Å². The van der Waals surface area contributed by atoms with Crippen LogP contribution in [-0.2, 0) is 6.42 Å². The third-order valence-electron chi connectivity index (χ3n) is 2.40. The Morgan fingerprint density at radius 2 is 2.11 bits per heavy atom. The van der Waals surface area contributed by atoms with Crippen LogP contribution in [0.25, 0.3) is 0 Å². The van der Waals surface area contributed by atoms with Crippen molar-refractivity contribution in [3.05, 3.63) is 53.4 Å². The van der Waals surface area contributed by atoms with E-state index >= 15 is 0 Å². The van der Waals surface area contributed by atoms with Gasteiger partial charge < -0.3 is 15.1 Å². The molecule has 0 bridgehead atoms. The molecule has 2 aromatic rings. The van der Waals surface area contributed by atoms with Gasteiger partial charge in [0, 0.05) is 6.54 Å². The van der Waals surface area contributed by atoms with Crippen LogP contribution in [0.1, 0.15) is 5.56 Å². The molecule has 2 amide bonds. The van der Waals surface area contributed by atoms with Gasteiger partial charge in [0.05, 0.1) is 23.2 Å². The minimum absolute atomic E-state index is 0.272. The maximum atomic E-state index is 11.6. The van der Waals surface area contributed by atoms with E-state index < -0.39 is 0 Å². The van der Waals surface area contributed by atoms with Gasteiger partial charge in [0.25, 0.3) is 0 Å². The lowest BCUT2D eigenvalue weighted by atomic mass is 10.2. The summed E-state index contributed by atoms with van der Waals surface area (Å²) in [4.78, 5) is 11.6. The molecule has 0 fully saturated rings. The van der Waals surface area contributed by atoms with E-state index in [4.69, 9.17) is 16.0 Å². The van der Waals surface area contributed by atoms with E-state index in [1.807, 2.05) is 18.2 Å². The van der Waals surface area contributed by atoms with Gasteiger partial charge in [-0.05, 0) is 30.2 Å². The molecule has 0 atom stereocenters. The van der Waals surface area contributed by atoms with Crippen LogP contribution in [-0.4, -0.2) is 12.6 Å². The molecule has 0 unspecified atom stereocenters. The minimum Gasteiger partial charge on any atom is -0.472 e. The second-order valence-corrected chi connectivity index (χ2v) is 4.15. The quantitative estimate of drug-likeness (QED) is 0.890. The summed E-state index contributed by atoms with van der Waals surface area (Å²) in [5.41, 5.74) is 1.65. The summed E-state index contributed by atoms with van der Waals surface area (Å²) >= 11 is 5.93. The molecule has 0 saturated heterocycles. The van der Waals surface area contributed by atoms with Crippen LogP contribution in [0.4, 0.5) is 10.5 Å². The predicted molar refractivity (Wildman–Crippen MR) is 70.9 cm³/mol. The lowest BCUT2D eigenvalue weighted by Gasteiger charge is -2.08. The third kappa shape index (κ3) is 3.53. The summed E-state index contributed by atoms with van der Waals surface area (Å²) < 4.78 is 4.94. The van der Waals surface area contributed by atoms with Gasteiger partial charge in [0.2, 0.25) is 0 Å². The summed E-state index contributed by atoms with van der Waals surface area (Å²) in [6.07, 6.45) is 4.00. The highest BCUT2D eigenvalue weighted by Crippen LogP contribution is 2.19. The van der Waals surface area contributed by atoms with Crippen molar-refractivity contribution in [1.29, 1.82) is 0 Å². The molecule has 2 N–H and O–H groups in total. The summed E-state index contributed by atoms with van der Waals surface area (Å²) in [6, 6.07) is 8.69. The van der Waals surface area contributed by atoms with Crippen molar-refractivity contribution in [1.82, 2.24) is 5.32 Å². The van der Waals surface area contributed by atoms with Gasteiger partial charge in [0.15, 0.2) is 0 Å². The number of para-hydroxylation sites is 1. The number of urea groups is 1. The fourth-order valence-electron chi connectivity index (χ4n) is 1.48. The lowest BCUT2D eigenvalue weighted by Crippen LogP contribution is -2.30. The van der Waals surface area contributed by atoms with E-state index in [9.17, 15) is 4.79 Å². The first-order valence-electron chi connectivity index (χ1n) is 5.56. The Morgan fingerprint density at radius 1 is 1.28 bits per heavy atom. The number of rotatable bonds is 4. The second-order valence-electron chi connectivity index (χ2n) is 3.74. The Balaban J connectivity index is 1.77. The topological polar surface area (TPSA) is 54.3 Å². The monoisotopic (exact) mass is 264 g/mol. The molecule has 1 aromatic heterocycles. The van der Waals surface area contributed by atoms with Crippen molar-refractivity contribution in [3.63, 3.8) is 0 Å². The molecule has 0 aliphatic heterocycles. The van der Waals surface area contributed by atoms with Gasteiger partial charge in [-0.25, -0.2) is 4.79 Å². The van der Waals surface area contributed by atoms with E-state index in [1.54, 1.807) is 24.7 Å². The molecular formula is C13H13ClN2O2. The van der Waals surface area contributed by atoms with Crippen LogP contribution in [0.5, 0.6) is 0 Å². The average Bonchev–Trinajstić information content (AvgIpc) is 2.85. The Labute approximate surface area is 110 Å². The molecule has 1 aromatic carbocycles. The molecule has 0 aliphatic rings. The maximum absolute atomic E-state index is 11.6. The van der Waals surface area contributed by atoms with E-state index in [1.165, 1.54) is 0 Å². The van der Waals surface area contributed by atoms with Crippen molar-refractivity contribution >= 4 is 23.3 Å². The zero-order chi connectivity index (χ0) is 12.8. The molecular weight excluding hydrogens is 252 g/mol. The fraction of sp³-hybridized carbons (Fsp3) is 0.154. The zero-order valence-electron chi connectivity index (χ0n) is 9.65. The predicted octanol–water partition coefficient (Wildman–Crippen LogP) is 3.30. The summed E-state index contributed by atoms with van der Waals surface area (Å²) in [6.45, 7) is 0.538. The van der Waals surface area contributed by atoms with Crippen LogP contribution >= 0.6 is 11.6 Å². The Kier molecular flexibility index (Phi) is 4.25. The minimum atomic E-state index is -0.272. The highest BCUT2D eigenvalue weighted by molar-refractivity contribution is 6.33. The standard InChI is InChI=1S/C13H13ClN2O2/c14-11-3-1-2-4-12(11)16-13(17)15-7-5-10-6-8-18-9-10/h1-4,6,8-9H,5,7H2,(H2,15,16,17). The zero-order valence-corrected chi connectivity index (χ0v) is 10.4. The first-order chi connectivity index (χ1) is 8.75. The third-order valence-corrected chi connectivity index (χ3v) is 2.73. The van der Waals surface area contributed by atoms with Crippen molar-refractivity contribution in [2.45, 2.75) is 6.42 Å². The molecule has 4 nitrogen and oxygen atoms in total. The second kappa shape index (κ2) is 6.12. The number of carbonyl (C=O) groups excluding carboxylic acids is 1. The number of carbonyl (C=O) groups is 1. The number of amides is 2. The number of anilines is 1. The number of nitrogens with one attached hydrogen (secondary N) is 2. The average molecular weight is 265 g/mol. The number of halogens is 1. The van der Waals surface area contributed by atoms with E-state index in [0.717, 1.165) is 12.0 Å². The number of hydrogen-bond acceptors (Lipinski definition) is 2. The Hall–Kier alpha value is -1.94. The van der Waals surface area contributed by atoms with Gasteiger partial charge in [-0.15, -0.1) is 0 Å². The smallest absolute Gasteiger partial charge is 0.319 e. The first kappa shape index (κ1) is 12.5. The Morgan fingerprint density at radius 3 is 2.83 bits per heavy atom. The van der Waals surface area contributed by atoms with Crippen LogP contribution < -0.4 is 10.6 Å². The van der Waals surface area contributed by atoms with Crippen molar-refractivity contribution in [2.24, 2.45) is 0 Å². The highest BCUT2D eigenvalue weighted by atomic mass is 35.5. The van der Waals surface area contributed by atoms with Gasteiger partial charge in [-0.1, -0.05) is 23.7 Å². The molecule has 5 heteroatoms. The molecule has 0 radical (unpaired) electrons. The van der Waals surface area contributed by atoms with Gasteiger partial charge in [-0.3, -0.25) is 0 Å². The lowest BCUT2D eigenvalue weighted by molar-refractivity contribution is 0.252. The molecule has 0 aliphatic carbocycles. The number of hydrogen-bond donors (Lipinski definition) is 2. The van der Waals surface area contributed by atoms with E-state index in [0.29, 0.717) is 17.3 Å². The molecule has 0 saturated carbocycles. The molecule has 2 rings (SSSR count). The van der Waals surface area contributed by atoms with Gasteiger partial charge in [0.1, 0.15) is 0 Å². The van der Waals surface area contributed by atoms with Gasteiger partial charge in [-0.2, -0.15) is 0 Å². The van der Waals surface area contributed by atoms with Gasteiger partial charge >= 0.3 is 6.03 Å². The van der Waals surface area contributed by atoms with Crippen LogP contribution in [0.15, 0.2) is 47.3 Å². The SMILES string of the molecule is O=C(NCCc1ccoc1)Nc1ccccc1Cl. The van der Waals surface area contributed by atoms with E-state index in [2.05, 4.69) is 10.6 Å². The number of furan rings is 1. The van der Waals surface area contributed by atoms with Crippen molar-refractivity contribution < 1.29 is 9.21 Å². The van der Waals surface area contributed by atoms with Crippen LogP contribution in [0.3, 0.4) is 0 Å². The van der Waals surface area contributed by atoms with Crippen molar-refractivity contribution in [2.75, 3.05) is 11.9 Å². The fourth-order valence-corrected chi connectivity index (χ4v) is 1.67. The molecule has 0 spiro atoms. The molecule has 1 heterocycles. The maximum Gasteiger partial charge on any atom is 0.319 e. The molecule has 18 heavy (non-hydrogen) atoms. The molecule has 94 valence electrons. The normalized spacial score (nSPS) is 10.1. The summed E-state index contributed by atoms with van der Waals surface area (Å²) in [7, 11) is 0.